The van der Waals surface area contributed by atoms with Crippen molar-refractivity contribution in [1.29, 1.82) is 0 Å². The molecule has 3 rings (SSSR count). The smallest absolute Gasteiger partial charge is 0.241 e. The summed E-state index contributed by atoms with van der Waals surface area (Å²) in [4.78, 5) is 12.8. The van der Waals surface area contributed by atoms with Gasteiger partial charge in [-0.3, -0.25) is 4.79 Å². The third-order valence-corrected chi connectivity index (χ3v) is 6.16. The predicted octanol–water partition coefficient (Wildman–Crippen LogP) is 2.45. The topological polar surface area (TPSA) is 89.3 Å². The molecule has 0 fully saturated rings. The highest BCUT2D eigenvalue weighted by molar-refractivity contribution is 7.91. The molecule has 1 aliphatic heterocycles. The number of aryl methyl sites for hydroxylation is 1. The lowest BCUT2D eigenvalue weighted by Crippen LogP contribution is -2.39. The second-order valence-corrected chi connectivity index (χ2v) is 8.17. The molecule has 2 aromatic rings. The molecule has 25 heavy (non-hydrogen) atoms. The van der Waals surface area contributed by atoms with Crippen LogP contribution >= 0.6 is 12.4 Å². The minimum absolute atomic E-state index is 0. The van der Waals surface area contributed by atoms with Crippen molar-refractivity contribution in [2.45, 2.75) is 30.3 Å². The Bertz CT molecular complexity index is 866. The summed E-state index contributed by atoms with van der Waals surface area (Å²) in [5.74, 6) is -0.285. The maximum atomic E-state index is 12.5. The Morgan fingerprint density at radius 2 is 1.80 bits per heavy atom. The van der Waals surface area contributed by atoms with Gasteiger partial charge in [0.15, 0.2) is 9.84 Å². The minimum atomic E-state index is -3.27. The second kappa shape index (κ2) is 7.56. The molecule has 0 bridgehead atoms. The van der Waals surface area contributed by atoms with Crippen LogP contribution in [-0.2, 0) is 14.6 Å². The van der Waals surface area contributed by atoms with Crippen LogP contribution in [0.25, 0.3) is 0 Å². The molecular weight excluding hydrogens is 360 g/mol. The Labute approximate surface area is 154 Å². The number of nitrogens with one attached hydrogen (secondary N) is 1. The molecule has 2 atom stereocenters. The van der Waals surface area contributed by atoms with Gasteiger partial charge in [0.1, 0.15) is 6.04 Å². The molecule has 2 unspecified atom stereocenters. The monoisotopic (exact) mass is 380 g/mol. The second-order valence-electron chi connectivity index (χ2n) is 6.09. The SMILES string of the molecule is Cc1ccc(C(N)C(=O)NC2CCS(=O)(=O)c3ccccc32)cc1.Cl. The molecule has 7 heteroatoms. The number of halogens is 1. The summed E-state index contributed by atoms with van der Waals surface area (Å²) in [5.41, 5.74) is 8.51. The summed E-state index contributed by atoms with van der Waals surface area (Å²) in [5, 5.41) is 2.90. The molecule has 0 spiro atoms. The van der Waals surface area contributed by atoms with Gasteiger partial charge in [0, 0.05) is 0 Å². The Morgan fingerprint density at radius 3 is 2.48 bits per heavy atom. The lowest BCUT2D eigenvalue weighted by Gasteiger charge is -2.27. The molecule has 1 aliphatic rings. The molecular formula is C18H21ClN2O3S. The lowest BCUT2D eigenvalue weighted by molar-refractivity contribution is -0.123. The average Bonchev–Trinajstić information content (AvgIpc) is 2.58. The Morgan fingerprint density at radius 1 is 1.16 bits per heavy atom. The predicted molar refractivity (Wildman–Crippen MR) is 99.4 cm³/mol. The van der Waals surface area contributed by atoms with Crippen molar-refractivity contribution in [2.75, 3.05) is 5.75 Å². The summed E-state index contributed by atoms with van der Waals surface area (Å²) < 4.78 is 24.3. The number of hydrogen-bond acceptors (Lipinski definition) is 4. The third-order valence-electron chi connectivity index (χ3n) is 4.34. The van der Waals surface area contributed by atoms with Crippen LogP contribution in [0, 0.1) is 6.92 Å². The normalized spacial score (nSPS) is 19.2. The summed E-state index contributed by atoms with van der Waals surface area (Å²) >= 11 is 0. The summed E-state index contributed by atoms with van der Waals surface area (Å²) in [6.07, 6.45) is 0.353. The number of rotatable bonds is 3. The van der Waals surface area contributed by atoms with Gasteiger partial charge in [-0.05, 0) is 30.5 Å². The van der Waals surface area contributed by atoms with Gasteiger partial charge in [0.2, 0.25) is 5.91 Å². The van der Waals surface area contributed by atoms with Gasteiger partial charge in [-0.1, -0.05) is 48.0 Å². The van der Waals surface area contributed by atoms with Crippen LogP contribution in [-0.4, -0.2) is 20.1 Å². The van der Waals surface area contributed by atoms with Gasteiger partial charge < -0.3 is 11.1 Å². The quantitative estimate of drug-likeness (QED) is 0.855. The number of fused-ring (bicyclic) bond motifs is 1. The summed E-state index contributed by atoms with van der Waals surface area (Å²) in [6, 6.07) is 13.2. The number of amides is 1. The standard InChI is InChI=1S/C18H20N2O3S.ClH/c1-12-6-8-13(9-7-12)17(19)18(21)20-15-10-11-24(22,23)16-5-3-2-4-14(15)16;/h2-9,15,17H,10-11,19H2,1H3,(H,20,21);1H. The number of benzene rings is 2. The van der Waals surface area contributed by atoms with Gasteiger partial charge >= 0.3 is 0 Å². The van der Waals surface area contributed by atoms with E-state index in [2.05, 4.69) is 5.32 Å². The van der Waals surface area contributed by atoms with Crippen molar-refractivity contribution in [3.63, 3.8) is 0 Å². The summed E-state index contributed by atoms with van der Waals surface area (Å²) in [7, 11) is -3.27. The molecule has 0 saturated carbocycles. The van der Waals surface area contributed by atoms with E-state index < -0.39 is 15.9 Å². The fraction of sp³-hybridized carbons (Fsp3) is 0.278. The van der Waals surface area contributed by atoms with Crippen molar-refractivity contribution < 1.29 is 13.2 Å². The first kappa shape index (κ1) is 19.4. The van der Waals surface area contributed by atoms with Crippen LogP contribution in [0.1, 0.15) is 35.2 Å². The van der Waals surface area contributed by atoms with E-state index in [1.807, 2.05) is 31.2 Å². The van der Waals surface area contributed by atoms with Crippen LogP contribution in [0.3, 0.4) is 0 Å². The van der Waals surface area contributed by atoms with E-state index in [0.29, 0.717) is 16.9 Å². The maximum absolute atomic E-state index is 12.5. The molecule has 1 heterocycles. The van der Waals surface area contributed by atoms with Gasteiger partial charge in [0.05, 0.1) is 16.7 Å². The van der Waals surface area contributed by atoms with Crippen LogP contribution in [0.5, 0.6) is 0 Å². The van der Waals surface area contributed by atoms with Gasteiger partial charge in [-0.2, -0.15) is 0 Å². The van der Waals surface area contributed by atoms with Crippen LogP contribution in [0.4, 0.5) is 0 Å². The number of nitrogens with two attached hydrogens (primary N) is 1. The minimum Gasteiger partial charge on any atom is -0.348 e. The number of sulfone groups is 1. The molecule has 5 nitrogen and oxygen atoms in total. The first-order valence-corrected chi connectivity index (χ1v) is 9.48. The van der Waals surface area contributed by atoms with Gasteiger partial charge in [0.25, 0.3) is 0 Å². The van der Waals surface area contributed by atoms with E-state index in [0.717, 1.165) is 11.1 Å². The molecule has 1 amide bonds. The molecule has 0 saturated heterocycles. The first-order valence-electron chi connectivity index (χ1n) is 7.83. The maximum Gasteiger partial charge on any atom is 0.241 e. The fourth-order valence-electron chi connectivity index (χ4n) is 2.93. The average molecular weight is 381 g/mol. The molecule has 0 aliphatic carbocycles. The van der Waals surface area contributed by atoms with Crippen LogP contribution < -0.4 is 11.1 Å². The van der Waals surface area contributed by atoms with E-state index in [-0.39, 0.29) is 30.1 Å². The van der Waals surface area contributed by atoms with Crippen molar-refractivity contribution in [3.8, 4) is 0 Å². The van der Waals surface area contributed by atoms with Gasteiger partial charge in [-0.25, -0.2) is 8.42 Å². The van der Waals surface area contributed by atoms with Gasteiger partial charge in [-0.15, -0.1) is 12.4 Å². The van der Waals surface area contributed by atoms with E-state index in [1.54, 1.807) is 24.3 Å². The molecule has 0 aromatic heterocycles. The van der Waals surface area contributed by atoms with Crippen molar-refractivity contribution in [1.82, 2.24) is 5.32 Å². The van der Waals surface area contributed by atoms with Crippen LogP contribution in [0.15, 0.2) is 53.4 Å². The molecule has 134 valence electrons. The van der Waals surface area contributed by atoms with E-state index in [1.165, 1.54) is 0 Å². The number of hydrogen-bond donors (Lipinski definition) is 2. The first-order chi connectivity index (χ1) is 11.4. The van der Waals surface area contributed by atoms with E-state index in [9.17, 15) is 13.2 Å². The Kier molecular flexibility index (Phi) is 5.87. The highest BCUT2D eigenvalue weighted by Crippen LogP contribution is 2.32. The Balaban J connectivity index is 0.00000225. The van der Waals surface area contributed by atoms with Crippen molar-refractivity contribution >= 4 is 28.2 Å². The van der Waals surface area contributed by atoms with E-state index >= 15 is 0 Å². The van der Waals surface area contributed by atoms with E-state index in [4.69, 9.17) is 5.73 Å². The largest absolute Gasteiger partial charge is 0.348 e. The highest BCUT2D eigenvalue weighted by Gasteiger charge is 2.31. The van der Waals surface area contributed by atoms with Crippen molar-refractivity contribution in [2.24, 2.45) is 5.73 Å². The van der Waals surface area contributed by atoms with Crippen LogP contribution in [0.2, 0.25) is 0 Å². The van der Waals surface area contributed by atoms with Crippen molar-refractivity contribution in [3.05, 3.63) is 65.2 Å². The highest BCUT2D eigenvalue weighted by atomic mass is 35.5. The molecule has 0 radical (unpaired) electrons. The zero-order valence-electron chi connectivity index (χ0n) is 13.8. The zero-order valence-corrected chi connectivity index (χ0v) is 15.4. The number of carbonyl (C=O) groups excluding carboxylic acids is 1. The third kappa shape index (κ3) is 4.03. The lowest BCUT2D eigenvalue weighted by atomic mass is 10.0. The Hall–Kier alpha value is -1.89. The number of carbonyl (C=O) groups is 1. The summed E-state index contributed by atoms with van der Waals surface area (Å²) in [6.45, 7) is 1.97. The molecule has 3 N–H and O–H groups in total. The fourth-order valence-corrected chi connectivity index (χ4v) is 4.55. The molecule has 2 aromatic carbocycles. The zero-order chi connectivity index (χ0) is 17.3.